The lowest BCUT2D eigenvalue weighted by atomic mass is 9.77. The van der Waals surface area contributed by atoms with E-state index in [0.29, 0.717) is 26.4 Å². The van der Waals surface area contributed by atoms with Crippen molar-refractivity contribution in [2.24, 2.45) is 11.8 Å². The second-order valence-electron chi connectivity index (χ2n) is 17.1. The van der Waals surface area contributed by atoms with Crippen LogP contribution in [0.25, 0.3) is 0 Å². The van der Waals surface area contributed by atoms with Crippen molar-refractivity contribution < 1.29 is 37.6 Å². The molecule has 6 atom stereocenters. The molecule has 2 aliphatic carbocycles. The molecule has 57 heavy (non-hydrogen) atoms. The van der Waals surface area contributed by atoms with Crippen LogP contribution in [0.15, 0.2) is 60.7 Å². The van der Waals surface area contributed by atoms with Crippen LogP contribution in [0, 0.1) is 11.8 Å². The Morgan fingerprint density at radius 1 is 0.351 bits per heavy atom. The average Bonchev–Trinajstić information content (AvgIpc) is 4.00. The summed E-state index contributed by atoms with van der Waals surface area (Å²) in [5.41, 5.74) is 1.77. The van der Waals surface area contributed by atoms with Crippen LogP contribution >= 0.6 is 0 Å². The maximum Gasteiger partial charge on any atom is 0.502 e. The minimum absolute atomic E-state index is 0.0832. The summed E-state index contributed by atoms with van der Waals surface area (Å²) in [6.45, 7) is 2.65. The summed E-state index contributed by atoms with van der Waals surface area (Å²) in [4.78, 5) is 0. The van der Waals surface area contributed by atoms with Gasteiger partial charge in [-0.1, -0.05) is 87.8 Å². The first kappa shape index (κ1) is 40.9. The second-order valence-corrected chi connectivity index (χ2v) is 17.1. The van der Waals surface area contributed by atoms with E-state index in [1.807, 2.05) is 12.1 Å². The molecule has 0 amide bonds. The highest BCUT2D eigenvalue weighted by molar-refractivity contribution is 6.64. The van der Waals surface area contributed by atoms with Crippen LogP contribution in [0.1, 0.15) is 135 Å². The highest BCUT2D eigenvalue weighted by atomic mass is 16.7. The molecule has 6 heterocycles. The van der Waals surface area contributed by atoms with Crippen molar-refractivity contribution in [3.63, 3.8) is 0 Å². The molecule has 2 aromatic rings. The molecule has 6 aliphatic heterocycles. The molecule has 4 fully saturated rings. The van der Waals surface area contributed by atoms with E-state index in [2.05, 4.69) is 48.6 Å². The fourth-order valence-electron chi connectivity index (χ4n) is 9.91. The van der Waals surface area contributed by atoms with Gasteiger partial charge in [-0.25, -0.2) is 0 Å². The lowest BCUT2D eigenvalue weighted by Crippen LogP contribution is -2.44. The predicted molar refractivity (Wildman–Crippen MR) is 227 cm³/mol. The highest BCUT2D eigenvalue weighted by Gasteiger charge is 2.68. The van der Waals surface area contributed by atoms with Crippen LogP contribution in [-0.4, -0.2) is 65.1 Å². The van der Waals surface area contributed by atoms with Crippen molar-refractivity contribution >= 4 is 25.2 Å². The Bertz CT molecular complexity index is 1390. The van der Waals surface area contributed by atoms with E-state index in [1.165, 1.54) is 51.4 Å². The standard InChI is InChI=1S/C47H66B2O8/c1-2-6-10-14-18-22-32-51-39-28-26-30-41-43(39)49-56-46-36-35-37(47(46)57-49)45-44(36)54-48(55-45)42-38(50-31-21-17-13-9-5-1)27-25-29-40(42)52-33-23-19-15-11-7-3-4-8-12-16-20-24-34-53-41/h1-4,25-30,36-37,44-47H,5-24,31-35H2/b2-1-,4-3-/t36?,37?,44-,45-,46-,47+/m1/s1. The predicted octanol–water partition coefficient (Wildman–Crippen LogP) is 9.45. The molecule has 10 bridgehead atoms. The number of hydrogen-bond acceptors (Lipinski definition) is 8. The molecule has 308 valence electrons. The lowest BCUT2D eigenvalue weighted by molar-refractivity contribution is -0.00476. The van der Waals surface area contributed by atoms with Gasteiger partial charge in [0.2, 0.25) is 0 Å². The van der Waals surface area contributed by atoms with Crippen molar-refractivity contribution in [3.8, 4) is 23.0 Å². The molecule has 10 rings (SSSR count). The van der Waals surface area contributed by atoms with Crippen molar-refractivity contribution in [2.45, 2.75) is 159 Å². The topological polar surface area (TPSA) is 73.8 Å². The minimum Gasteiger partial charge on any atom is -0.494 e. The first-order valence-corrected chi connectivity index (χ1v) is 23.0. The lowest BCUT2D eigenvalue weighted by Gasteiger charge is -2.31. The third-order valence-corrected chi connectivity index (χ3v) is 13.0. The van der Waals surface area contributed by atoms with Crippen molar-refractivity contribution in [1.29, 1.82) is 0 Å². The van der Waals surface area contributed by atoms with Gasteiger partial charge in [0.05, 0.1) is 61.8 Å². The van der Waals surface area contributed by atoms with Crippen molar-refractivity contribution in [1.82, 2.24) is 0 Å². The van der Waals surface area contributed by atoms with Crippen LogP contribution in [0.2, 0.25) is 0 Å². The molecule has 2 saturated heterocycles. The molecule has 0 aromatic heterocycles. The first-order valence-electron chi connectivity index (χ1n) is 23.0. The van der Waals surface area contributed by atoms with Gasteiger partial charge in [-0.3, -0.25) is 0 Å². The number of allylic oxidation sites excluding steroid dienone is 4. The van der Waals surface area contributed by atoms with E-state index < -0.39 is 14.2 Å². The minimum atomic E-state index is -0.566. The van der Waals surface area contributed by atoms with Gasteiger partial charge in [0.25, 0.3) is 0 Å². The Morgan fingerprint density at radius 2 is 0.632 bits per heavy atom. The van der Waals surface area contributed by atoms with E-state index >= 15 is 0 Å². The average molecular weight is 781 g/mol. The number of hydrogen-bond donors (Lipinski definition) is 0. The Kier molecular flexibility index (Phi) is 15.3. The normalized spacial score (nSPS) is 30.9. The fraction of sp³-hybridized carbons (Fsp3) is 0.660. The van der Waals surface area contributed by atoms with E-state index in [4.69, 9.17) is 37.6 Å². The fourth-order valence-corrected chi connectivity index (χ4v) is 9.91. The molecule has 0 spiro atoms. The largest absolute Gasteiger partial charge is 0.502 e. The van der Waals surface area contributed by atoms with E-state index in [-0.39, 0.29) is 36.3 Å². The van der Waals surface area contributed by atoms with E-state index in [0.717, 1.165) is 117 Å². The summed E-state index contributed by atoms with van der Waals surface area (Å²) < 4.78 is 53.9. The van der Waals surface area contributed by atoms with Crippen LogP contribution in [-0.2, 0) is 18.6 Å². The molecule has 8 nitrogen and oxygen atoms in total. The third kappa shape index (κ3) is 10.5. The van der Waals surface area contributed by atoms with Crippen molar-refractivity contribution in [2.75, 3.05) is 26.4 Å². The van der Waals surface area contributed by atoms with Gasteiger partial charge in [-0.05, 0) is 108 Å². The molecule has 0 radical (unpaired) electrons. The van der Waals surface area contributed by atoms with E-state index in [1.54, 1.807) is 0 Å². The maximum absolute atomic E-state index is 6.93. The molecule has 2 aromatic carbocycles. The Balaban J connectivity index is 1.05. The second kappa shape index (κ2) is 21.4. The zero-order valence-electron chi connectivity index (χ0n) is 34.3. The summed E-state index contributed by atoms with van der Waals surface area (Å²) in [7, 11) is -1.13. The van der Waals surface area contributed by atoms with Crippen LogP contribution in [0.4, 0.5) is 0 Å². The van der Waals surface area contributed by atoms with Crippen molar-refractivity contribution in [3.05, 3.63) is 60.7 Å². The van der Waals surface area contributed by atoms with Gasteiger partial charge >= 0.3 is 14.2 Å². The molecule has 2 saturated carbocycles. The molecule has 10 heteroatoms. The highest BCUT2D eigenvalue weighted by Crippen LogP contribution is 2.55. The maximum atomic E-state index is 6.93. The Morgan fingerprint density at radius 3 is 0.930 bits per heavy atom. The SMILES string of the molecule is C1=C\CCCCCCOc2cccc3c2B2O[C@@H]4C5CC([C@H]6OB(O[C@H]56)c5c(cccc5OCCCCCC/C=C\CCCCCCO3)OCCCCCC/1)[C@@H]4O2. The molecular weight excluding hydrogens is 714 g/mol. The van der Waals surface area contributed by atoms with Crippen LogP contribution < -0.4 is 29.9 Å². The quantitative estimate of drug-likeness (QED) is 0.194. The summed E-state index contributed by atoms with van der Waals surface area (Å²) >= 11 is 0. The number of benzene rings is 2. The molecule has 2 unspecified atom stereocenters. The first-order chi connectivity index (χ1) is 28.3. The van der Waals surface area contributed by atoms with Crippen LogP contribution in [0.3, 0.4) is 0 Å². The summed E-state index contributed by atoms with van der Waals surface area (Å²) in [5, 5.41) is 0. The van der Waals surface area contributed by atoms with Gasteiger partial charge in [0.15, 0.2) is 0 Å². The van der Waals surface area contributed by atoms with Gasteiger partial charge in [-0.2, -0.15) is 0 Å². The summed E-state index contributed by atoms with van der Waals surface area (Å²) in [6, 6.07) is 12.3. The summed E-state index contributed by atoms with van der Waals surface area (Å²) in [6.07, 6.45) is 33.2. The van der Waals surface area contributed by atoms with Crippen LogP contribution in [0.5, 0.6) is 23.0 Å². The van der Waals surface area contributed by atoms with Gasteiger partial charge in [0, 0.05) is 11.8 Å². The smallest absolute Gasteiger partial charge is 0.494 e. The molecular formula is C47H66B2O8. The third-order valence-electron chi connectivity index (χ3n) is 13.0. The van der Waals surface area contributed by atoms with Gasteiger partial charge < -0.3 is 37.6 Å². The monoisotopic (exact) mass is 780 g/mol. The Hall–Kier alpha value is -2.91. The molecule has 0 N–H and O–H groups in total. The zero-order valence-corrected chi connectivity index (χ0v) is 34.3. The number of ether oxygens (including phenoxy) is 4. The number of rotatable bonds is 0. The summed E-state index contributed by atoms with van der Waals surface area (Å²) in [5.74, 6) is 3.55. The van der Waals surface area contributed by atoms with Gasteiger partial charge in [0.1, 0.15) is 23.0 Å². The number of fused-ring (bicyclic) bond motifs is 28. The Labute approximate surface area is 343 Å². The molecule has 8 aliphatic rings. The van der Waals surface area contributed by atoms with E-state index in [9.17, 15) is 0 Å². The van der Waals surface area contributed by atoms with Gasteiger partial charge in [-0.15, -0.1) is 0 Å². The zero-order chi connectivity index (χ0) is 38.5.